The molecule has 0 aliphatic rings. The summed E-state index contributed by atoms with van der Waals surface area (Å²) in [5, 5.41) is 1.87. The summed E-state index contributed by atoms with van der Waals surface area (Å²) in [4.78, 5) is 23.0. The highest BCUT2D eigenvalue weighted by Crippen LogP contribution is 2.26. The van der Waals surface area contributed by atoms with Crippen molar-refractivity contribution in [2.75, 3.05) is 19.5 Å². The maximum Gasteiger partial charge on any atom is 0.335 e. The van der Waals surface area contributed by atoms with E-state index in [0.29, 0.717) is 0 Å². The molecule has 11 nitrogen and oxygen atoms in total. The number of urea groups is 1. The molecule has 28 heavy (non-hydrogen) atoms. The summed E-state index contributed by atoms with van der Waals surface area (Å²) in [6, 6.07) is 4.03. The fourth-order valence-electron chi connectivity index (χ4n) is 1.76. The standard InChI is InChI=1S/C14H13Cl2N5O6S/c1-25-13-18-11(19-14(20-13)26-2)17-12(22)21-28(23,24)9-6-4-3-5-8(9)27-10(16)7-15/h3-7H,1-2H3,(H2,17,18,19,20,21,22)/b10-7+. The van der Waals surface area contributed by atoms with Crippen molar-refractivity contribution in [2.45, 2.75) is 4.90 Å². The second-order valence-corrected chi connectivity index (χ2v) is 6.90. The first kappa shape index (κ1) is 21.5. The fraction of sp³-hybridized carbons (Fsp3) is 0.143. The normalized spacial score (nSPS) is 11.5. The van der Waals surface area contributed by atoms with Crippen molar-refractivity contribution in [2.24, 2.45) is 0 Å². The zero-order valence-electron chi connectivity index (χ0n) is 14.3. The van der Waals surface area contributed by atoms with Crippen LogP contribution in [0.25, 0.3) is 0 Å². The van der Waals surface area contributed by atoms with E-state index in [1.54, 1.807) is 4.72 Å². The molecule has 0 spiro atoms. The molecule has 1 aromatic carbocycles. The number of anilines is 1. The largest absolute Gasteiger partial charge is 0.467 e. The van der Waals surface area contributed by atoms with Crippen LogP contribution in [0.1, 0.15) is 0 Å². The number of sulfonamides is 1. The molecule has 0 fully saturated rings. The zero-order valence-corrected chi connectivity index (χ0v) is 16.7. The molecule has 0 aliphatic carbocycles. The average molecular weight is 450 g/mol. The van der Waals surface area contributed by atoms with Crippen LogP contribution >= 0.6 is 23.2 Å². The molecule has 0 unspecified atom stereocenters. The minimum atomic E-state index is -4.35. The zero-order chi connectivity index (χ0) is 20.7. The summed E-state index contributed by atoms with van der Waals surface area (Å²) >= 11 is 11.1. The van der Waals surface area contributed by atoms with Crippen molar-refractivity contribution < 1.29 is 27.4 Å². The van der Waals surface area contributed by atoms with Gasteiger partial charge in [0.15, 0.2) is 0 Å². The predicted octanol–water partition coefficient (Wildman–Crippen LogP) is 2.05. The van der Waals surface area contributed by atoms with Crippen molar-refractivity contribution in [3.8, 4) is 17.8 Å². The van der Waals surface area contributed by atoms with Gasteiger partial charge in [-0.3, -0.25) is 5.32 Å². The number of carbonyl (C=O) groups excluding carboxylic acids is 1. The molecule has 150 valence electrons. The van der Waals surface area contributed by atoms with Crippen LogP contribution in [0.15, 0.2) is 39.9 Å². The van der Waals surface area contributed by atoms with Crippen LogP contribution in [0, 0.1) is 0 Å². The van der Waals surface area contributed by atoms with E-state index < -0.39 is 16.1 Å². The number of para-hydroxylation sites is 1. The molecule has 0 bridgehead atoms. The second kappa shape index (κ2) is 9.39. The van der Waals surface area contributed by atoms with Crippen molar-refractivity contribution >= 4 is 45.2 Å². The Labute approximate surface area is 169 Å². The van der Waals surface area contributed by atoms with Gasteiger partial charge in [0.1, 0.15) is 10.6 Å². The lowest BCUT2D eigenvalue weighted by Crippen LogP contribution is -2.35. The Morgan fingerprint density at radius 1 is 1.11 bits per heavy atom. The summed E-state index contributed by atoms with van der Waals surface area (Å²) in [6.45, 7) is 0. The summed E-state index contributed by atoms with van der Waals surface area (Å²) < 4.78 is 41.6. The summed E-state index contributed by atoms with van der Waals surface area (Å²) in [5.74, 6) is -0.442. The number of halogens is 2. The Morgan fingerprint density at radius 2 is 1.71 bits per heavy atom. The molecule has 0 atom stereocenters. The SMILES string of the molecule is COc1nc(NC(=O)NS(=O)(=O)c2ccccc2O/C(Cl)=C/Cl)nc(OC)n1. The molecule has 1 heterocycles. The van der Waals surface area contributed by atoms with Crippen LogP contribution in [0.3, 0.4) is 0 Å². The molecule has 0 radical (unpaired) electrons. The Kier molecular flexibility index (Phi) is 7.20. The number of amides is 2. The van der Waals surface area contributed by atoms with Crippen LogP contribution in [0.5, 0.6) is 17.8 Å². The van der Waals surface area contributed by atoms with E-state index in [0.717, 1.165) is 5.54 Å². The summed E-state index contributed by atoms with van der Waals surface area (Å²) in [7, 11) is -1.76. The van der Waals surface area contributed by atoms with Gasteiger partial charge in [-0.15, -0.1) is 4.98 Å². The van der Waals surface area contributed by atoms with Gasteiger partial charge in [0.25, 0.3) is 10.0 Å². The maximum atomic E-state index is 12.5. The molecule has 14 heteroatoms. The Balaban J connectivity index is 2.22. The maximum absolute atomic E-state index is 12.5. The Morgan fingerprint density at radius 3 is 2.29 bits per heavy atom. The minimum absolute atomic E-state index is 0.145. The third-order valence-corrected chi connectivity index (χ3v) is 4.71. The number of benzene rings is 1. The smallest absolute Gasteiger partial charge is 0.335 e. The molecule has 0 saturated carbocycles. The van der Waals surface area contributed by atoms with Gasteiger partial charge in [0.05, 0.1) is 19.8 Å². The molecular formula is C14H13Cl2N5O6S. The molecule has 0 aliphatic heterocycles. The molecule has 2 rings (SSSR count). The number of hydrogen-bond donors (Lipinski definition) is 2. The van der Waals surface area contributed by atoms with Gasteiger partial charge in [0.2, 0.25) is 11.2 Å². The van der Waals surface area contributed by atoms with E-state index in [4.69, 9.17) is 37.4 Å². The van der Waals surface area contributed by atoms with Gasteiger partial charge in [-0.1, -0.05) is 23.7 Å². The van der Waals surface area contributed by atoms with E-state index in [9.17, 15) is 13.2 Å². The number of carbonyl (C=O) groups is 1. The lowest BCUT2D eigenvalue weighted by Gasteiger charge is -2.12. The fourth-order valence-corrected chi connectivity index (χ4v) is 2.93. The van der Waals surface area contributed by atoms with E-state index in [1.165, 1.54) is 38.5 Å². The van der Waals surface area contributed by atoms with E-state index in [1.807, 2.05) is 0 Å². The molecule has 1 aromatic heterocycles. The van der Waals surface area contributed by atoms with Crippen LogP contribution in [-0.2, 0) is 10.0 Å². The first-order valence-corrected chi connectivity index (χ1v) is 9.49. The lowest BCUT2D eigenvalue weighted by molar-refractivity contribution is 0.256. The Hall–Kier alpha value is -2.83. The number of nitrogens with one attached hydrogen (secondary N) is 2. The van der Waals surface area contributed by atoms with Crippen molar-refractivity contribution in [1.82, 2.24) is 19.7 Å². The Bertz CT molecular complexity index is 979. The molecule has 2 amide bonds. The molecular weight excluding hydrogens is 437 g/mol. The predicted molar refractivity (Wildman–Crippen MR) is 99.1 cm³/mol. The van der Waals surface area contributed by atoms with E-state index in [2.05, 4.69) is 20.3 Å². The van der Waals surface area contributed by atoms with Gasteiger partial charge in [-0.05, 0) is 23.7 Å². The van der Waals surface area contributed by atoms with Crippen LogP contribution in [0.2, 0.25) is 0 Å². The van der Waals surface area contributed by atoms with Gasteiger partial charge in [-0.25, -0.2) is 17.9 Å². The van der Waals surface area contributed by atoms with E-state index >= 15 is 0 Å². The second-order valence-electron chi connectivity index (χ2n) is 4.65. The average Bonchev–Trinajstić information content (AvgIpc) is 2.67. The monoisotopic (exact) mass is 449 g/mol. The number of hydrogen-bond acceptors (Lipinski definition) is 9. The van der Waals surface area contributed by atoms with Gasteiger partial charge < -0.3 is 14.2 Å². The van der Waals surface area contributed by atoms with Crippen LogP contribution in [-0.4, -0.2) is 43.6 Å². The van der Waals surface area contributed by atoms with Crippen molar-refractivity contribution in [3.63, 3.8) is 0 Å². The molecule has 0 saturated heterocycles. The van der Waals surface area contributed by atoms with Gasteiger partial charge >= 0.3 is 18.1 Å². The van der Waals surface area contributed by atoms with Crippen LogP contribution in [0.4, 0.5) is 10.7 Å². The highest BCUT2D eigenvalue weighted by molar-refractivity contribution is 7.90. The number of rotatable bonds is 7. The summed E-state index contributed by atoms with van der Waals surface area (Å²) in [6.07, 6.45) is 0. The molecule has 2 N–H and O–H groups in total. The topological polar surface area (TPSA) is 142 Å². The lowest BCUT2D eigenvalue weighted by atomic mass is 10.3. The van der Waals surface area contributed by atoms with Gasteiger partial charge in [-0.2, -0.15) is 9.97 Å². The third-order valence-electron chi connectivity index (χ3n) is 2.84. The number of aromatic nitrogens is 3. The summed E-state index contributed by atoms with van der Waals surface area (Å²) in [5.41, 5.74) is 0.909. The quantitative estimate of drug-likeness (QED) is 0.606. The van der Waals surface area contributed by atoms with E-state index in [-0.39, 0.29) is 33.8 Å². The molecule has 2 aromatic rings. The number of ether oxygens (including phenoxy) is 3. The van der Waals surface area contributed by atoms with Crippen molar-refractivity contribution in [3.05, 3.63) is 35.0 Å². The van der Waals surface area contributed by atoms with Gasteiger partial charge in [0, 0.05) is 0 Å². The van der Waals surface area contributed by atoms with Crippen molar-refractivity contribution in [1.29, 1.82) is 0 Å². The third kappa shape index (κ3) is 5.58. The number of methoxy groups -OCH3 is 2. The van der Waals surface area contributed by atoms with Crippen LogP contribution < -0.4 is 24.2 Å². The first-order chi connectivity index (χ1) is 13.3. The highest BCUT2D eigenvalue weighted by atomic mass is 35.5. The minimum Gasteiger partial charge on any atom is -0.467 e. The first-order valence-electron chi connectivity index (χ1n) is 7.19. The number of nitrogens with zero attached hydrogens (tertiary/aromatic N) is 3. The highest BCUT2D eigenvalue weighted by Gasteiger charge is 2.23.